The average molecular weight is 367 g/mol. The van der Waals surface area contributed by atoms with Gasteiger partial charge in [-0.3, -0.25) is 4.90 Å². The van der Waals surface area contributed by atoms with Gasteiger partial charge in [0.2, 0.25) is 0 Å². The lowest BCUT2D eigenvalue weighted by Gasteiger charge is -2.50. The summed E-state index contributed by atoms with van der Waals surface area (Å²) in [7, 11) is 0. The number of hydrogen-bond acceptors (Lipinski definition) is 3. The third-order valence-electron chi connectivity index (χ3n) is 7.22. The zero-order valence-electron chi connectivity index (χ0n) is 18.6. The van der Waals surface area contributed by atoms with Crippen LogP contribution in [0.3, 0.4) is 0 Å². The van der Waals surface area contributed by atoms with Gasteiger partial charge in [0.1, 0.15) is 0 Å². The minimum Gasteiger partial charge on any atom is -0.381 e. The Morgan fingerprint density at radius 1 is 0.654 bits per heavy atom. The van der Waals surface area contributed by atoms with Gasteiger partial charge in [0, 0.05) is 44.9 Å². The highest BCUT2D eigenvalue weighted by Gasteiger charge is 2.45. The molecule has 1 saturated carbocycles. The van der Waals surface area contributed by atoms with Crippen LogP contribution in [0.1, 0.15) is 86.5 Å². The largest absolute Gasteiger partial charge is 0.381 e. The summed E-state index contributed by atoms with van der Waals surface area (Å²) in [5.41, 5.74) is 1.42. The van der Waals surface area contributed by atoms with E-state index >= 15 is 0 Å². The van der Waals surface area contributed by atoms with Gasteiger partial charge in [0.05, 0.1) is 0 Å². The molecule has 2 spiro atoms. The van der Waals surface area contributed by atoms with Crippen molar-refractivity contribution < 1.29 is 4.74 Å². The highest BCUT2D eigenvalue weighted by molar-refractivity contribution is 4.98. The predicted octanol–water partition coefficient (Wildman–Crippen LogP) is 5.19. The normalized spacial score (nSPS) is 27.2. The fourth-order valence-corrected chi connectivity index (χ4v) is 5.24. The summed E-state index contributed by atoms with van der Waals surface area (Å²) in [5, 5.41) is 0. The van der Waals surface area contributed by atoms with Crippen LogP contribution in [0, 0.1) is 10.8 Å². The molecular weight excluding hydrogens is 320 g/mol. The first-order valence-electron chi connectivity index (χ1n) is 11.5. The second-order valence-corrected chi connectivity index (χ2v) is 9.63. The van der Waals surface area contributed by atoms with E-state index in [1.807, 2.05) is 13.8 Å². The molecule has 0 aromatic heterocycles. The maximum absolute atomic E-state index is 5.43. The average Bonchev–Trinajstić information content (AvgIpc) is 3.24. The van der Waals surface area contributed by atoms with Crippen molar-refractivity contribution in [3.8, 4) is 0 Å². The summed E-state index contributed by atoms with van der Waals surface area (Å²) < 4.78 is 5.43. The van der Waals surface area contributed by atoms with Gasteiger partial charge in [0.25, 0.3) is 0 Å². The molecule has 0 atom stereocenters. The summed E-state index contributed by atoms with van der Waals surface area (Å²) >= 11 is 0. The van der Waals surface area contributed by atoms with E-state index in [1.54, 1.807) is 0 Å². The molecule has 26 heavy (non-hydrogen) atoms. The van der Waals surface area contributed by atoms with E-state index < -0.39 is 0 Å². The van der Waals surface area contributed by atoms with Crippen molar-refractivity contribution in [3.05, 3.63) is 0 Å². The molecule has 3 heteroatoms. The molecule has 3 saturated heterocycles. The number of hydrogen-bond donors (Lipinski definition) is 0. The molecule has 0 aromatic carbocycles. The van der Waals surface area contributed by atoms with Crippen LogP contribution in [0.2, 0.25) is 0 Å². The number of rotatable bonds is 2. The van der Waals surface area contributed by atoms with Crippen molar-refractivity contribution >= 4 is 0 Å². The first-order valence-corrected chi connectivity index (χ1v) is 11.5. The van der Waals surface area contributed by atoms with Gasteiger partial charge in [-0.05, 0) is 77.2 Å². The molecule has 0 unspecified atom stereocenters. The molecule has 154 valence electrons. The van der Waals surface area contributed by atoms with Crippen LogP contribution in [0.15, 0.2) is 0 Å². The molecule has 4 aliphatic rings. The van der Waals surface area contributed by atoms with Crippen LogP contribution in [-0.4, -0.2) is 61.3 Å². The zero-order valence-corrected chi connectivity index (χ0v) is 18.6. The summed E-state index contributed by atoms with van der Waals surface area (Å²) in [4.78, 5) is 5.22. The van der Waals surface area contributed by atoms with Gasteiger partial charge >= 0.3 is 0 Å². The molecule has 1 aliphatic carbocycles. The van der Waals surface area contributed by atoms with E-state index in [2.05, 4.69) is 37.5 Å². The van der Waals surface area contributed by atoms with Crippen LogP contribution in [-0.2, 0) is 4.74 Å². The van der Waals surface area contributed by atoms with Crippen LogP contribution < -0.4 is 0 Å². The lowest BCUT2D eigenvalue weighted by atomic mass is 9.77. The molecule has 0 bridgehead atoms. The van der Waals surface area contributed by atoms with E-state index in [4.69, 9.17) is 4.74 Å². The van der Waals surface area contributed by atoms with Crippen LogP contribution >= 0.6 is 0 Å². The molecule has 4 rings (SSSR count). The highest BCUT2D eigenvalue weighted by Crippen LogP contribution is 2.45. The second kappa shape index (κ2) is 9.89. The maximum Gasteiger partial charge on any atom is 0.0471 e. The number of ether oxygens (including phenoxy) is 1. The summed E-state index contributed by atoms with van der Waals surface area (Å²) in [6.07, 6.45) is 9.98. The van der Waals surface area contributed by atoms with Crippen molar-refractivity contribution in [3.63, 3.8) is 0 Å². The Hall–Kier alpha value is -0.120. The SMILES string of the molecule is CC.CC(C)N1CC2(CCCC2)C1.CC(C)N1CCC2(CCOCC2)C1. The Bertz CT molecular complexity index is 387. The van der Waals surface area contributed by atoms with Crippen LogP contribution in [0.5, 0.6) is 0 Å². The highest BCUT2D eigenvalue weighted by atomic mass is 16.5. The van der Waals surface area contributed by atoms with Crippen molar-refractivity contribution in [2.45, 2.75) is 98.6 Å². The minimum absolute atomic E-state index is 0.628. The summed E-state index contributed by atoms with van der Waals surface area (Å²) in [5.74, 6) is 0. The Morgan fingerprint density at radius 2 is 1.15 bits per heavy atom. The van der Waals surface area contributed by atoms with Crippen molar-refractivity contribution in [1.82, 2.24) is 9.80 Å². The van der Waals surface area contributed by atoms with E-state index in [9.17, 15) is 0 Å². The van der Waals surface area contributed by atoms with Crippen molar-refractivity contribution in [2.24, 2.45) is 10.8 Å². The first kappa shape index (κ1) is 22.2. The molecule has 0 N–H and O–H groups in total. The van der Waals surface area contributed by atoms with E-state index in [-0.39, 0.29) is 0 Å². The van der Waals surface area contributed by atoms with Crippen molar-refractivity contribution in [1.29, 1.82) is 0 Å². The number of likely N-dealkylation sites (tertiary alicyclic amines) is 2. The summed E-state index contributed by atoms with van der Waals surface area (Å²) in [6, 6.07) is 1.50. The molecular formula is C23H46N2O. The third-order valence-corrected chi connectivity index (χ3v) is 7.22. The smallest absolute Gasteiger partial charge is 0.0471 e. The van der Waals surface area contributed by atoms with Gasteiger partial charge in [-0.2, -0.15) is 0 Å². The molecule has 0 aromatic rings. The zero-order chi connectivity index (χ0) is 19.2. The Morgan fingerprint density at radius 3 is 1.62 bits per heavy atom. The fraction of sp³-hybridized carbons (Fsp3) is 1.00. The van der Waals surface area contributed by atoms with Crippen molar-refractivity contribution in [2.75, 3.05) is 39.4 Å². The van der Waals surface area contributed by atoms with Gasteiger partial charge in [-0.25, -0.2) is 0 Å². The molecule has 3 aliphatic heterocycles. The van der Waals surface area contributed by atoms with Crippen LogP contribution in [0.25, 0.3) is 0 Å². The minimum atomic E-state index is 0.628. The molecule has 0 radical (unpaired) electrons. The quantitative estimate of drug-likeness (QED) is 0.668. The molecule has 0 amide bonds. The lowest BCUT2D eigenvalue weighted by Crippen LogP contribution is -2.57. The van der Waals surface area contributed by atoms with Gasteiger partial charge in [-0.1, -0.05) is 26.7 Å². The second-order valence-electron chi connectivity index (χ2n) is 9.63. The van der Waals surface area contributed by atoms with E-state index in [0.29, 0.717) is 5.41 Å². The molecule has 4 fully saturated rings. The van der Waals surface area contributed by atoms with Crippen LogP contribution in [0.4, 0.5) is 0 Å². The first-order chi connectivity index (χ1) is 12.4. The molecule has 3 heterocycles. The topological polar surface area (TPSA) is 15.7 Å². The van der Waals surface area contributed by atoms with Gasteiger partial charge in [0.15, 0.2) is 0 Å². The maximum atomic E-state index is 5.43. The Labute approximate surface area is 163 Å². The summed E-state index contributed by atoms with van der Waals surface area (Å²) in [6.45, 7) is 20.6. The standard InChI is InChI=1S/C11H21NO.C10H19N.C2H6/c1-10(2)12-6-3-11(9-12)4-7-13-8-5-11;1-9(2)11-7-10(8-11)5-3-4-6-10;1-2/h10H,3-9H2,1-2H3;9H,3-8H2,1-2H3;1-2H3. The Kier molecular flexibility index (Phi) is 8.43. The fourth-order valence-electron chi connectivity index (χ4n) is 5.24. The van der Waals surface area contributed by atoms with Gasteiger partial charge < -0.3 is 9.64 Å². The Balaban J connectivity index is 0.000000173. The monoisotopic (exact) mass is 366 g/mol. The van der Waals surface area contributed by atoms with E-state index in [1.165, 1.54) is 71.1 Å². The number of nitrogens with zero attached hydrogens (tertiary/aromatic N) is 2. The van der Waals surface area contributed by atoms with Gasteiger partial charge in [-0.15, -0.1) is 0 Å². The third kappa shape index (κ3) is 5.45. The molecule has 3 nitrogen and oxygen atoms in total. The lowest BCUT2D eigenvalue weighted by molar-refractivity contribution is -0.0166. The predicted molar refractivity (Wildman–Crippen MR) is 113 cm³/mol. The van der Waals surface area contributed by atoms with E-state index in [0.717, 1.165) is 30.7 Å².